The molecule has 5 heteroatoms. The molecule has 0 fully saturated rings. The van der Waals surface area contributed by atoms with E-state index in [2.05, 4.69) is 0 Å². The standard InChI is InChI=1S/C13H8Cl2O3/c14-9-6-10-12(17-7-16-10)13(11(9)15)18-8-4-2-1-3-5-8/h1-6H,7H2. The Morgan fingerprint density at radius 3 is 2.61 bits per heavy atom. The Bertz CT molecular complexity index is 585. The molecule has 2 aromatic rings. The van der Waals surface area contributed by atoms with Crippen LogP contribution in [0.15, 0.2) is 36.4 Å². The van der Waals surface area contributed by atoms with Crippen molar-refractivity contribution < 1.29 is 14.2 Å². The van der Waals surface area contributed by atoms with E-state index in [-0.39, 0.29) is 6.79 Å². The number of hydrogen-bond acceptors (Lipinski definition) is 3. The van der Waals surface area contributed by atoms with E-state index in [1.54, 1.807) is 6.07 Å². The van der Waals surface area contributed by atoms with Crippen LogP contribution in [0.25, 0.3) is 0 Å². The van der Waals surface area contributed by atoms with Crippen molar-refractivity contribution in [3.8, 4) is 23.0 Å². The molecule has 0 spiro atoms. The molecule has 18 heavy (non-hydrogen) atoms. The van der Waals surface area contributed by atoms with Crippen LogP contribution in [0.2, 0.25) is 10.0 Å². The molecule has 92 valence electrons. The quantitative estimate of drug-likeness (QED) is 0.811. The molecule has 2 aromatic carbocycles. The van der Waals surface area contributed by atoms with E-state index >= 15 is 0 Å². The van der Waals surface area contributed by atoms with E-state index in [1.165, 1.54) is 0 Å². The van der Waals surface area contributed by atoms with Crippen molar-refractivity contribution in [2.75, 3.05) is 6.79 Å². The molecule has 0 saturated carbocycles. The van der Waals surface area contributed by atoms with E-state index < -0.39 is 0 Å². The van der Waals surface area contributed by atoms with Crippen LogP contribution in [0.5, 0.6) is 23.0 Å². The molecule has 0 aliphatic carbocycles. The second-order valence-electron chi connectivity index (χ2n) is 3.65. The predicted molar refractivity (Wildman–Crippen MR) is 69.1 cm³/mol. The largest absolute Gasteiger partial charge is 0.453 e. The lowest BCUT2D eigenvalue weighted by Crippen LogP contribution is -1.94. The Hall–Kier alpha value is -1.58. The van der Waals surface area contributed by atoms with Crippen molar-refractivity contribution in [2.45, 2.75) is 0 Å². The van der Waals surface area contributed by atoms with Gasteiger partial charge in [-0.05, 0) is 12.1 Å². The third-order valence-corrected chi connectivity index (χ3v) is 3.25. The molecule has 0 radical (unpaired) electrons. The summed E-state index contributed by atoms with van der Waals surface area (Å²) >= 11 is 12.2. The van der Waals surface area contributed by atoms with E-state index in [1.807, 2.05) is 30.3 Å². The lowest BCUT2D eigenvalue weighted by Gasteiger charge is -2.11. The van der Waals surface area contributed by atoms with Gasteiger partial charge in [0.2, 0.25) is 12.5 Å². The highest BCUT2D eigenvalue weighted by atomic mass is 35.5. The van der Waals surface area contributed by atoms with Gasteiger partial charge in [0.05, 0.1) is 5.02 Å². The molecule has 0 bridgehead atoms. The molecule has 1 aliphatic rings. The Morgan fingerprint density at radius 1 is 1.06 bits per heavy atom. The highest BCUT2D eigenvalue weighted by Gasteiger charge is 2.25. The van der Waals surface area contributed by atoms with Crippen LogP contribution < -0.4 is 14.2 Å². The summed E-state index contributed by atoms with van der Waals surface area (Å²) in [5, 5.41) is 0.677. The molecule has 3 rings (SSSR count). The van der Waals surface area contributed by atoms with Crippen molar-refractivity contribution in [1.29, 1.82) is 0 Å². The fraction of sp³-hybridized carbons (Fsp3) is 0.0769. The molecule has 0 saturated heterocycles. The average molecular weight is 283 g/mol. The summed E-state index contributed by atoms with van der Waals surface area (Å²) in [6.45, 7) is 0.136. The number of para-hydroxylation sites is 1. The molecule has 0 atom stereocenters. The van der Waals surface area contributed by atoms with Gasteiger partial charge in [0.25, 0.3) is 0 Å². The normalized spacial score (nSPS) is 12.6. The first-order valence-corrected chi connectivity index (χ1v) is 6.02. The summed E-state index contributed by atoms with van der Waals surface area (Å²) < 4.78 is 16.3. The van der Waals surface area contributed by atoms with Gasteiger partial charge in [0, 0.05) is 6.07 Å². The molecule has 1 heterocycles. The maximum Gasteiger partial charge on any atom is 0.231 e. The summed E-state index contributed by atoms with van der Waals surface area (Å²) in [4.78, 5) is 0. The van der Waals surface area contributed by atoms with E-state index in [0.717, 1.165) is 0 Å². The molecule has 3 nitrogen and oxygen atoms in total. The number of fused-ring (bicyclic) bond motifs is 1. The monoisotopic (exact) mass is 282 g/mol. The zero-order valence-corrected chi connectivity index (χ0v) is 10.7. The minimum Gasteiger partial charge on any atom is -0.453 e. The van der Waals surface area contributed by atoms with Gasteiger partial charge in [-0.3, -0.25) is 0 Å². The zero-order chi connectivity index (χ0) is 12.5. The van der Waals surface area contributed by atoms with Crippen molar-refractivity contribution >= 4 is 23.2 Å². The molecule has 0 N–H and O–H groups in total. The molecule has 0 aromatic heterocycles. The summed E-state index contributed by atoms with van der Waals surface area (Å²) in [6.07, 6.45) is 0. The highest BCUT2D eigenvalue weighted by molar-refractivity contribution is 6.43. The van der Waals surface area contributed by atoms with Crippen molar-refractivity contribution in [2.24, 2.45) is 0 Å². The first-order chi connectivity index (χ1) is 8.75. The Kier molecular flexibility index (Phi) is 2.94. The highest BCUT2D eigenvalue weighted by Crippen LogP contribution is 2.50. The van der Waals surface area contributed by atoms with Crippen LogP contribution in [0.3, 0.4) is 0 Å². The van der Waals surface area contributed by atoms with Crippen molar-refractivity contribution in [3.05, 3.63) is 46.4 Å². The number of halogens is 2. The zero-order valence-electron chi connectivity index (χ0n) is 9.15. The minimum absolute atomic E-state index is 0.136. The van der Waals surface area contributed by atoms with Gasteiger partial charge in [-0.15, -0.1) is 0 Å². The Balaban J connectivity index is 2.06. The van der Waals surface area contributed by atoms with Crippen LogP contribution in [0, 0.1) is 0 Å². The molecule has 0 unspecified atom stereocenters. The van der Waals surface area contributed by atoms with Gasteiger partial charge in [0.15, 0.2) is 11.5 Å². The summed E-state index contributed by atoms with van der Waals surface area (Å²) in [7, 11) is 0. The topological polar surface area (TPSA) is 27.7 Å². The van der Waals surface area contributed by atoms with Gasteiger partial charge < -0.3 is 14.2 Å². The average Bonchev–Trinajstić information content (AvgIpc) is 2.84. The molecular weight excluding hydrogens is 275 g/mol. The molecule has 1 aliphatic heterocycles. The van der Waals surface area contributed by atoms with E-state index in [4.69, 9.17) is 37.4 Å². The second-order valence-corrected chi connectivity index (χ2v) is 4.44. The van der Waals surface area contributed by atoms with Gasteiger partial charge in [0.1, 0.15) is 10.8 Å². The first-order valence-electron chi connectivity index (χ1n) is 5.26. The van der Waals surface area contributed by atoms with Gasteiger partial charge in [-0.25, -0.2) is 0 Å². The summed E-state index contributed by atoms with van der Waals surface area (Å²) in [5.41, 5.74) is 0. The number of rotatable bonds is 2. The fourth-order valence-electron chi connectivity index (χ4n) is 1.66. The Labute approximate surface area is 114 Å². The Morgan fingerprint density at radius 2 is 1.83 bits per heavy atom. The fourth-order valence-corrected chi connectivity index (χ4v) is 2.02. The van der Waals surface area contributed by atoms with Crippen LogP contribution in [0.4, 0.5) is 0 Å². The lowest BCUT2D eigenvalue weighted by atomic mass is 10.3. The second kappa shape index (κ2) is 4.59. The third-order valence-electron chi connectivity index (χ3n) is 2.48. The molecular formula is C13H8Cl2O3. The van der Waals surface area contributed by atoms with Crippen LogP contribution >= 0.6 is 23.2 Å². The number of benzene rings is 2. The smallest absolute Gasteiger partial charge is 0.231 e. The number of hydrogen-bond donors (Lipinski definition) is 0. The van der Waals surface area contributed by atoms with Crippen molar-refractivity contribution in [1.82, 2.24) is 0 Å². The number of ether oxygens (including phenoxy) is 3. The lowest BCUT2D eigenvalue weighted by molar-refractivity contribution is 0.172. The van der Waals surface area contributed by atoms with Crippen molar-refractivity contribution in [3.63, 3.8) is 0 Å². The predicted octanol–water partition coefficient (Wildman–Crippen LogP) is 4.51. The maximum absolute atomic E-state index is 6.13. The summed E-state index contributed by atoms with van der Waals surface area (Å²) in [6, 6.07) is 10.9. The van der Waals surface area contributed by atoms with Crippen LogP contribution in [-0.2, 0) is 0 Å². The van der Waals surface area contributed by atoms with Gasteiger partial charge in [-0.1, -0.05) is 41.4 Å². The minimum atomic E-state index is 0.136. The van der Waals surface area contributed by atoms with Gasteiger partial charge in [-0.2, -0.15) is 0 Å². The summed E-state index contributed by atoms with van der Waals surface area (Å²) in [5.74, 6) is 2.05. The van der Waals surface area contributed by atoms with Crippen LogP contribution in [-0.4, -0.2) is 6.79 Å². The SMILES string of the molecule is Clc1cc2c(c(Oc3ccccc3)c1Cl)OCO2. The third kappa shape index (κ3) is 1.96. The molecule has 0 amide bonds. The van der Waals surface area contributed by atoms with Crippen LogP contribution in [0.1, 0.15) is 0 Å². The first kappa shape index (κ1) is 11.5. The van der Waals surface area contributed by atoms with E-state index in [9.17, 15) is 0 Å². The van der Waals surface area contributed by atoms with Gasteiger partial charge >= 0.3 is 0 Å². The van der Waals surface area contributed by atoms with E-state index in [0.29, 0.717) is 33.0 Å². The maximum atomic E-state index is 6.13.